The molecule has 2 aromatic rings. The maximum atomic E-state index is 13.8. The number of benzene rings is 1. The highest BCUT2D eigenvalue weighted by Gasteiger charge is 2.27. The molecule has 1 aromatic heterocycles. The van der Waals surface area contributed by atoms with Crippen LogP contribution < -0.4 is 9.64 Å². The zero-order chi connectivity index (χ0) is 19.8. The molecule has 0 unspecified atom stereocenters. The molecule has 0 saturated carbocycles. The standard InChI is InChI=1S/C20H25BrFN3O2/c1-20(2,3)25-7-5-24(6-8-25)17-9-13(12-23-19(17)27-4)15-10-14(22)11-16(21)18(15)26/h9-12,26H,5-8H2,1-4H3. The number of phenols is 1. The van der Waals surface area contributed by atoms with Gasteiger partial charge in [0, 0.05) is 49.0 Å². The van der Waals surface area contributed by atoms with Crippen LogP contribution in [-0.2, 0) is 0 Å². The number of nitrogens with zero attached hydrogens (tertiary/aromatic N) is 3. The van der Waals surface area contributed by atoms with Crippen LogP contribution in [0.3, 0.4) is 0 Å². The van der Waals surface area contributed by atoms with E-state index in [9.17, 15) is 9.50 Å². The van der Waals surface area contributed by atoms with Gasteiger partial charge in [-0.3, -0.25) is 4.90 Å². The summed E-state index contributed by atoms with van der Waals surface area (Å²) < 4.78 is 19.6. The molecule has 1 aliphatic rings. The molecule has 1 N–H and O–H groups in total. The molecule has 0 atom stereocenters. The van der Waals surface area contributed by atoms with Crippen molar-refractivity contribution in [2.45, 2.75) is 26.3 Å². The average Bonchev–Trinajstić information content (AvgIpc) is 2.63. The quantitative estimate of drug-likeness (QED) is 0.775. The van der Waals surface area contributed by atoms with Crippen molar-refractivity contribution >= 4 is 21.6 Å². The second-order valence-electron chi connectivity index (χ2n) is 7.68. The van der Waals surface area contributed by atoms with E-state index in [1.54, 1.807) is 13.3 Å². The van der Waals surface area contributed by atoms with Crippen LogP contribution in [0.1, 0.15) is 20.8 Å². The Kier molecular flexibility index (Phi) is 5.63. The second-order valence-corrected chi connectivity index (χ2v) is 8.54. The first kappa shape index (κ1) is 19.9. The van der Waals surface area contributed by atoms with E-state index >= 15 is 0 Å². The van der Waals surface area contributed by atoms with Gasteiger partial charge >= 0.3 is 0 Å². The van der Waals surface area contributed by atoms with Crippen molar-refractivity contribution in [1.82, 2.24) is 9.88 Å². The summed E-state index contributed by atoms with van der Waals surface area (Å²) in [7, 11) is 1.59. The van der Waals surface area contributed by atoms with Gasteiger partial charge < -0.3 is 14.7 Å². The lowest BCUT2D eigenvalue weighted by Gasteiger charge is -2.43. The maximum Gasteiger partial charge on any atom is 0.237 e. The van der Waals surface area contributed by atoms with Crippen molar-refractivity contribution in [3.63, 3.8) is 0 Å². The summed E-state index contributed by atoms with van der Waals surface area (Å²) in [6, 6.07) is 4.45. The number of aromatic nitrogens is 1. The molecule has 1 fully saturated rings. The van der Waals surface area contributed by atoms with Crippen molar-refractivity contribution in [1.29, 1.82) is 0 Å². The van der Waals surface area contributed by atoms with Gasteiger partial charge in [-0.05, 0) is 54.9 Å². The Bertz CT molecular complexity index is 831. The molecule has 5 nitrogen and oxygen atoms in total. The summed E-state index contributed by atoms with van der Waals surface area (Å²) in [6.07, 6.45) is 1.59. The van der Waals surface area contributed by atoms with Crippen LogP contribution in [0.2, 0.25) is 0 Å². The van der Waals surface area contributed by atoms with Crippen LogP contribution in [0.25, 0.3) is 11.1 Å². The monoisotopic (exact) mass is 437 g/mol. The van der Waals surface area contributed by atoms with E-state index < -0.39 is 5.82 Å². The van der Waals surface area contributed by atoms with Crippen molar-refractivity contribution in [3.05, 3.63) is 34.7 Å². The predicted octanol–water partition coefficient (Wildman–Crippen LogP) is 4.28. The fraction of sp³-hybridized carbons (Fsp3) is 0.450. The first-order valence-corrected chi connectivity index (χ1v) is 9.72. The number of hydrogen-bond acceptors (Lipinski definition) is 5. The van der Waals surface area contributed by atoms with Crippen molar-refractivity contribution in [3.8, 4) is 22.8 Å². The van der Waals surface area contributed by atoms with Gasteiger partial charge in [0.05, 0.1) is 11.6 Å². The molecule has 146 valence electrons. The molecule has 27 heavy (non-hydrogen) atoms. The number of ether oxygens (including phenoxy) is 1. The number of halogens is 2. The van der Waals surface area contributed by atoms with E-state index in [2.05, 4.69) is 51.5 Å². The molecular formula is C20H25BrFN3O2. The van der Waals surface area contributed by atoms with Gasteiger partial charge in [-0.1, -0.05) is 0 Å². The summed E-state index contributed by atoms with van der Waals surface area (Å²) in [5.41, 5.74) is 2.02. The van der Waals surface area contributed by atoms with Gasteiger partial charge in [-0.25, -0.2) is 9.37 Å². The highest BCUT2D eigenvalue weighted by atomic mass is 79.9. The predicted molar refractivity (Wildman–Crippen MR) is 109 cm³/mol. The van der Waals surface area contributed by atoms with E-state index in [-0.39, 0.29) is 11.3 Å². The van der Waals surface area contributed by atoms with E-state index in [4.69, 9.17) is 4.74 Å². The third-order valence-corrected chi connectivity index (χ3v) is 5.54. The molecule has 7 heteroatoms. The minimum Gasteiger partial charge on any atom is -0.506 e. The third-order valence-electron chi connectivity index (χ3n) is 4.93. The molecular weight excluding hydrogens is 413 g/mol. The zero-order valence-corrected chi connectivity index (χ0v) is 17.7. The molecule has 0 bridgehead atoms. The number of rotatable bonds is 3. The Morgan fingerprint density at radius 2 is 1.81 bits per heavy atom. The molecule has 0 spiro atoms. The van der Waals surface area contributed by atoms with Gasteiger partial charge in [0.2, 0.25) is 5.88 Å². The summed E-state index contributed by atoms with van der Waals surface area (Å²) in [4.78, 5) is 9.06. The Morgan fingerprint density at radius 1 is 1.15 bits per heavy atom. The first-order chi connectivity index (χ1) is 12.7. The Balaban J connectivity index is 1.94. The largest absolute Gasteiger partial charge is 0.506 e. The maximum absolute atomic E-state index is 13.8. The van der Waals surface area contributed by atoms with E-state index in [1.807, 2.05) is 6.07 Å². The van der Waals surface area contributed by atoms with Crippen LogP contribution in [0.4, 0.5) is 10.1 Å². The third kappa shape index (κ3) is 4.19. The molecule has 1 saturated heterocycles. The molecule has 0 aliphatic carbocycles. The van der Waals surface area contributed by atoms with Crippen molar-refractivity contribution in [2.75, 3.05) is 38.2 Å². The van der Waals surface area contributed by atoms with Crippen molar-refractivity contribution < 1.29 is 14.2 Å². The zero-order valence-electron chi connectivity index (χ0n) is 16.1. The Morgan fingerprint density at radius 3 is 2.41 bits per heavy atom. The van der Waals surface area contributed by atoms with Gasteiger partial charge in [-0.15, -0.1) is 0 Å². The normalized spacial score (nSPS) is 15.9. The van der Waals surface area contributed by atoms with Gasteiger partial charge in [0.25, 0.3) is 0 Å². The van der Waals surface area contributed by atoms with Crippen LogP contribution in [0, 0.1) is 5.82 Å². The average molecular weight is 438 g/mol. The molecule has 2 heterocycles. The van der Waals surface area contributed by atoms with Gasteiger partial charge in [-0.2, -0.15) is 0 Å². The molecule has 0 radical (unpaired) electrons. The van der Waals surface area contributed by atoms with E-state index in [1.165, 1.54) is 12.1 Å². The number of aromatic hydroxyl groups is 1. The fourth-order valence-corrected chi connectivity index (χ4v) is 3.81. The van der Waals surface area contributed by atoms with Crippen molar-refractivity contribution in [2.24, 2.45) is 0 Å². The molecule has 1 aromatic carbocycles. The molecule has 1 aliphatic heterocycles. The van der Waals surface area contributed by atoms with Crippen LogP contribution >= 0.6 is 15.9 Å². The number of piperazine rings is 1. The highest BCUT2D eigenvalue weighted by molar-refractivity contribution is 9.10. The van der Waals surface area contributed by atoms with E-state index in [0.717, 1.165) is 31.9 Å². The van der Waals surface area contributed by atoms with Crippen LogP contribution in [0.15, 0.2) is 28.9 Å². The van der Waals surface area contributed by atoms with Gasteiger partial charge in [0.15, 0.2) is 0 Å². The lowest BCUT2D eigenvalue weighted by Crippen LogP contribution is -2.53. The van der Waals surface area contributed by atoms with Crippen LogP contribution in [0.5, 0.6) is 11.6 Å². The lowest BCUT2D eigenvalue weighted by molar-refractivity contribution is 0.128. The fourth-order valence-electron chi connectivity index (χ4n) is 3.38. The minimum absolute atomic E-state index is 0.00753. The van der Waals surface area contributed by atoms with Crippen LogP contribution in [-0.4, -0.2) is 53.8 Å². The summed E-state index contributed by atoms with van der Waals surface area (Å²) >= 11 is 3.19. The smallest absolute Gasteiger partial charge is 0.237 e. The SMILES string of the molecule is COc1ncc(-c2cc(F)cc(Br)c2O)cc1N1CCN(C(C)(C)C)CC1. The molecule has 0 amide bonds. The lowest BCUT2D eigenvalue weighted by atomic mass is 10.0. The Labute approximate surface area is 167 Å². The summed E-state index contributed by atoms with van der Waals surface area (Å²) in [6.45, 7) is 10.2. The number of pyridine rings is 1. The minimum atomic E-state index is -0.425. The van der Waals surface area contributed by atoms with Gasteiger partial charge in [0.1, 0.15) is 17.3 Å². The Hall–Kier alpha value is -1.86. The topological polar surface area (TPSA) is 48.8 Å². The van der Waals surface area contributed by atoms with E-state index in [0.29, 0.717) is 21.5 Å². The number of methoxy groups -OCH3 is 1. The number of phenolic OH excluding ortho intramolecular Hbond substituents is 1. The summed E-state index contributed by atoms with van der Waals surface area (Å²) in [5, 5.41) is 10.3. The number of hydrogen-bond donors (Lipinski definition) is 1. The highest BCUT2D eigenvalue weighted by Crippen LogP contribution is 2.39. The summed E-state index contributed by atoms with van der Waals surface area (Å²) in [5.74, 6) is 0.0932. The second kappa shape index (κ2) is 7.64. The molecule has 3 rings (SSSR count). The number of anilines is 1. The first-order valence-electron chi connectivity index (χ1n) is 8.93.